The predicted molar refractivity (Wildman–Crippen MR) is 77.6 cm³/mol. The molecular formula is C16H12F2O6. The van der Waals surface area contributed by atoms with Crippen molar-refractivity contribution in [2.24, 2.45) is 0 Å². The number of alkyl halides is 2. The molecule has 2 aromatic carbocycles. The Bertz CT molecular complexity index is 725. The molecule has 24 heavy (non-hydrogen) atoms. The molecule has 0 saturated carbocycles. The molecule has 0 heterocycles. The van der Waals surface area contributed by atoms with Gasteiger partial charge in [0.2, 0.25) is 0 Å². The number of methoxy groups -OCH3 is 1. The van der Waals surface area contributed by atoms with Crippen LogP contribution in [0.3, 0.4) is 0 Å². The van der Waals surface area contributed by atoms with Gasteiger partial charge >= 0.3 is 18.0 Å². The zero-order chi connectivity index (χ0) is 17.7. The quantitative estimate of drug-likeness (QED) is 0.644. The van der Waals surface area contributed by atoms with Crippen molar-refractivity contribution in [1.82, 2.24) is 0 Å². The SMILES string of the molecule is COc1ccc(OC(=O)c2ccc(OC(F)(F)C(=O)O)cc2)cc1. The molecule has 0 aliphatic rings. The van der Waals surface area contributed by atoms with Crippen molar-refractivity contribution >= 4 is 11.9 Å². The number of carboxylic acid groups (broad SMARTS) is 1. The summed E-state index contributed by atoms with van der Waals surface area (Å²) in [6, 6.07) is 10.7. The van der Waals surface area contributed by atoms with Crippen molar-refractivity contribution in [2.75, 3.05) is 7.11 Å². The van der Waals surface area contributed by atoms with Crippen LogP contribution in [0.4, 0.5) is 8.78 Å². The van der Waals surface area contributed by atoms with Gasteiger partial charge in [0.1, 0.15) is 17.2 Å². The van der Waals surface area contributed by atoms with Crippen molar-refractivity contribution in [2.45, 2.75) is 6.11 Å². The number of carbonyl (C=O) groups is 2. The highest BCUT2D eigenvalue weighted by atomic mass is 19.3. The number of ether oxygens (including phenoxy) is 3. The minimum atomic E-state index is -4.36. The summed E-state index contributed by atoms with van der Waals surface area (Å²) >= 11 is 0. The Morgan fingerprint density at radius 2 is 1.42 bits per heavy atom. The molecule has 0 fully saturated rings. The number of carbonyl (C=O) groups excluding carboxylic acids is 1. The summed E-state index contributed by atoms with van der Waals surface area (Å²) in [5.74, 6) is -2.65. The fourth-order valence-electron chi connectivity index (χ4n) is 1.66. The molecule has 126 valence electrons. The summed E-state index contributed by atoms with van der Waals surface area (Å²) in [6.07, 6.45) is -4.36. The Balaban J connectivity index is 2.04. The minimum absolute atomic E-state index is 0.0804. The van der Waals surface area contributed by atoms with Crippen molar-refractivity contribution in [1.29, 1.82) is 0 Å². The number of benzene rings is 2. The zero-order valence-electron chi connectivity index (χ0n) is 12.4. The molecule has 0 bridgehead atoms. The molecule has 2 aromatic rings. The Kier molecular flexibility index (Phi) is 4.98. The first-order valence-corrected chi connectivity index (χ1v) is 6.58. The number of carboxylic acids is 1. The van der Waals surface area contributed by atoms with E-state index in [-0.39, 0.29) is 11.3 Å². The molecule has 2 rings (SSSR count). The van der Waals surface area contributed by atoms with Gasteiger partial charge in [-0.25, -0.2) is 9.59 Å². The molecule has 0 aliphatic heterocycles. The van der Waals surface area contributed by atoms with Crippen molar-refractivity contribution in [3.05, 3.63) is 54.1 Å². The molecule has 0 saturated heterocycles. The van der Waals surface area contributed by atoms with Gasteiger partial charge in [-0.3, -0.25) is 0 Å². The molecule has 0 atom stereocenters. The van der Waals surface area contributed by atoms with E-state index < -0.39 is 23.8 Å². The summed E-state index contributed by atoms with van der Waals surface area (Å²) in [6.45, 7) is 0. The fourth-order valence-corrected chi connectivity index (χ4v) is 1.66. The van der Waals surface area contributed by atoms with Gasteiger partial charge in [0.05, 0.1) is 12.7 Å². The maximum atomic E-state index is 12.9. The van der Waals surface area contributed by atoms with E-state index in [4.69, 9.17) is 14.6 Å². The summed E-state index contributed by atoms with van der Waals surface area (Å²) in [4.78, 5) is 22.2. The monoisotopic (exact) mass is 338 g/mol. The summed E-state index contributed by atoms with van der Waals surface area (Å²) in [5, 5.41) is 8.29. The van der Waals surface area contributed by atoms with E-state index in [2.05, 4.69) is 4.74 Å². The van der Waals surface area contributed by atoms with Crippen molar-refractivity contribution in [3.63, 3.8) is 0 Å². The largest absolute Gasteiger partial charge is 0.501 e. The summed E-state index contributed by atoms with van der Waals surface area (Å²) < 4.78 is 39.9. The number of halogens is 2. The Labute approximate surface area is 135 Å². The second-order valence-electron chi connectivity index (χ2n) is 4.51. The van der Waals surface area contributed by atoms with Crippen LogP contribution in [-0.2, 0) is 4.79 Å². The van der Waals surface area contributed by atoms with E-state index in [0.717, 1.165) is 12.1 Å². The van der Waals surface area contributed by atoms with E-state index in [9.17, 15) is 18.4 Å². The van der Waals surface area contributed by atoms with Crippen LogP contribution in [0.2, 0.25) is 0 Å². The van der Waals surface area contributed by atoms with E-state index in [0.29, 0.717) is 5.75 Å². The predicted octanol–water partition coefficient (Wildman–Crippen LogP) is 2.97. The van der Waals surface area contributed by atoms with Gasteiger partial charge in [-0.05, 0) is 48.5 Å². The average molecular weight is 338 g/mol. The molecule has 0 unspecified atom stereocenters. The van der Waals surface area contributed by atoms with Crippen LogP contribution >= 0.6 is 0 Å². The van der Waals surface area contributed by atoms with Gasteiger partial charge in [-0.15, -0.1) is 0 Å². The summed E-state index contributed by atoms with van der Waals surface area (Å²) in [7, 11) is 1.50. The van der Waals surface area contributed by atoms with Crippen LogP contribution in [0.25, 0.3) is 0 Å². The lowest BCUT2D eigenvalue weighted by Gasteiger charge is -2.13. The van der Waals surface area contributed by atoms with Crippen LogP contribution in [0.1, 0.15) is 10.4 Å². The second-order valence-corrected chi connectivity index (χ2v) is 4.51. The van der Waals surface area contributed by atoms with E-state index in [1.165, 1.54) is 31.4 Å². The third-order valence-electron chi connectivity index (χ3n) is 2.86. The molecule has 0 radical (unpaired) electrons. The maximum Gasteiger partial charge on any atom is 0.501 e. The topological polar surface area (TPSA) is 82.1 Å². The second kappa shape index (κ2) is 6.95. The van der Waals surface area contributed by atoms with Gasteiger partial charge < -0.3 is 19.3 Å². The number of esters is 1. The van der Waals surface area contributed by atoms with Gasteiger partial charge in [-0.1, -0.05) is 0 Å². The minimum Gasteiger partial charge on any atom is -0.497 e. The average Bonchev–Trinajstić information content (AvgIpc) is 2.55. The normalized spacial score (nSPS) is 10.8. The number of hydrogen-bond acceptors (Lipinski definition) is 5. The first-order valence-electron chi connectivity index (χ1n) is 6.58. The van der Waals surface area contributed by atoms with Crippen molar-refractivity contribution in [3.8, 4) is 17.2 Å². The molecule has 0 aliphatic carbocycles. The van der Waals surface area contributed by atoms with Crippen LogP contribution in [-0.4, -0.2) is 30.3 Å². The zero-order valence-corrected chi connectivity index (χ0v) is 12.4. The van der Waals surface area contributed by atoms with Crippen LogP contribution < -0.4 is 14.2 Å². The molecule has 0 spiro atoms. The van der Waals surface area contributed by atoms with Gasteiger partial charge in [-0.2, -0.15) is 8.78 Å². The smallest absolute Gasteiger partial charge is 0.497 e. The van der Waals surface area contributed by atoms with Crippen LogP contribution in [0.5, 0.6) is 17.2 Å². The standard InChI is InChI=1S/C16H12F2O6/c1-22-11-6-8-12(9-7-11)23-14(19)10-2-4-13(5-3-10)24-16(17,18)15(20)21/h2-9H,1H3,(H,20,21). The van der Waals surface area contributed by atoms with Gasteiger partial charge in [0, 0.05) is 0 Å². The lowest BCUT2D eigenvalue weighted by molar-refractivity contribution is -0.210. The molecule has 1 N–H and O–H groups in total. The molecule has 8 heteroatoms. The van der Waals surface area contributed by atoms with Crippen LogP contribution in [0.15, 0.2) is 48.5 Å². The van der Waals surface area contributed by atoms with E-state index in [1.54, 1.807) is 12.1 Å². The molecule has 0 amide bonds. The van der Waals surface area contributed by atoms with Gasteiger partial charge in [0.25, 0.3) is 0 Å². The first-order chi connectivity index (χ1) is 11.3. The maximum absolute atomic E-state index is 12.9. The van der Waals surface area contributed by atoms with E-state index in [1.807, 2.05) is 0 Å². The third kappa shape index (κ3) is 4.19. The fraction of sp³-hybridized carbons (Fsp3) is 0.125. The summed E-state index contributed by atoms with van der Waals surface area (Å²) in [5.41, 5.74) is 0.0804. The number of rotatable bonds is 6. The Morgan fingerprint density at radius 1 is 0.917 bits per heavy atom. The molecule has 0 aromatic heterocycles. The third-order valence-corrected chi connectivity index (χ3v) is 2.86. The van der Waals surface area contributed by atoms with Gasteiger partial charge in [0.15, 0.2) is 0 Å². The molecular weight excluding hydrogens is 326 g/mol. The highest BCUT2D eigenvalue weighted by molar-refractivity contribution is 5.91. The van der Waals surface area contributed by atoms with E-state index >= 15 is 0 Å². The van der Waals surface area contributed by atoms with Crippen molar-refractivity contribution < 1.29 is 37.7 Å². The Morgan fingerprint density at radius 3 is 1.92 bits per heavy atom. The number of hydrogen-bond donors (Lipinski definition) is 1. The lowest BCUT2D eigenvalue weighted by atomic mass is 10.2. The van der Waals surface area contributed by atoms with Crippen LogP contribution in [0, 0.1) is 0 Å². The highest BCUT2D eigenvalue weighted by Crippen LogP contribution is 2.23. The number of aliphatic carboxylic acids is 1. The first kappa shape index (κ1) is 17.2. The highest BCUT2D eigenvalue weighted by Gasteiger charge is 2.42. The lowest BCUT2D eigenvalue weighted by Crippen LogP contribution is -2.34. The Hall–Kier alpha value is -3.16. The molecule has 6 nitrogen and oxygen atoms in total.